The van der Waals surface area contributed by atoms with Crippen molar-refractivity contribution in [3.05, 3.63) is 102 Å². The van der Waals surface area contributed by atoms with E-state index >= 15 is 0 Å². The van der Waals surface area contributed by atoms with Crippen LogP contribution in [0, 0.1) is 102 Å². The Kier molecular flexibility index (Phi) is 8.81. The molecule has 0 amide bonds. The minimum atomic E-state index is -5.27. The Bertz CT molecular complexity index is 2390. The molecule has 216 valence electrons. The highest BCUT2D eigenvalue weighted by atomic mass is 19.4. The van der Waals surface area contributed by atoms with Gasteiger partial charge in [0.05, 0.1) is 67.3 Å². The van der Waals surface area contributed by atoms with Crippen LogP contribution in [0.2, 0.25) is 0 Å². The topological polar surface area (TPSA) is 214 Å². The second kappa shape index (κ2) is 12.3. The quantitative estimate of drug-likeness (QED) is 0.375. The molecule has 3 aromatic carbocycles. The van der Waals surface area contributed by atoms with Gasteiger partial charge >= 0.3 is 12.4 Å². The lowest BCUT2D eigenvalue weighted by atomic mass is 9.87. The fraction of sp³-hybridized carbons (Fsp3) is 0.0645. The SMILES string of the molecule is N#C/C(c1cc(C#N)c(C#N)cc1C(F)(F)F)=c1\cc(C#N)/c(=C(\C#N)c2cc(C#N)c(C#N)cc2C(F)(F)F)c(C#N)c1C#N. The van der Waals surface area contributed by atoms with Gasteiger partial charge in [-0.1, -0.05) is 0 Å². The molecule has 0 spiro atoms. The molecule has 0 saturated carbocycles. The largest absolute Gasteiger partial charge is 0.417 e. The third-order valence-electron chi connectivity index (χ3n) is 6.36. The monoisotopic (exact) mass is 617 g/mol. The van der Waals surface area contributed by atoms with Crippen molar-refractivity contribution >= 4 is 11.1 Å². The molecule has 15 heteroatoms. The van der Waals surface area contributed by atoms with Crippen molar-refractivity contribution in [2.75, 3.05) is 0 Å². The summed E-state index contributed by atoms with van der Waals surface area (Å²) in [5, 5.41) is 85.5. The first kappa shape index (κ1) is 32.9. The second-order valence-corrected chi connectivity index (χ2v) is 8.74. The number of rotatable bonds is 2. The van der Waals surface area contributed by atoms with Crippen molar-refractivity contribution in [3.8, 4) is 54.6 Å². The summed E-state index contributed by atoms with van der Waals surface area (Å²) in [4.78, 5) is 0. The lowest BCUT2D eigenvalue weighted by Crippen LogP contribution is -2.27. The lowest BCUT2D eigenvalue weighted by molar-refractivity contribution is -0.138. The summed E-state index contributed by atoms with van der Waals surface area (Å²) in [6.07, 6.45) is -10.5. The smallest absolute Gasteiger partial charge is 0.192 e. The molecule has 3 aromatic rings. The van der Waals surface area contributed by atoms with Gasteiger partial charge in [0.1, 0.15) is 48.6 Å². The van der Waals surface area contributed by atoms with E-state index in [2.05, 4.69) is 0 Å². The molecule has 0 fully saturated rings. The molecule has 0 radical (unpaired) electrons. The summed E-state index contributed by atoms with van der Waals surface area (Å²) < 4.78 is 84.6. The van der Waals surface area contributed by atoms with E-state index in [0.29, 0.717) is 18.2 Å². The van der Waals surface area contributed by atoms with E-state index in [4.69, 9.17) is 0 Å². The summed E-state index contributed by atoms with van der Waals surface area (Å²) in [7, 11) is 0. The number of benzene rings is 3. The van der Waals surface area contributed by atoms with E-state index in [-0.39, 0.29) is 12.1 Å². The number of nitriles is 9. The predicted octanol–water partition coefficient (Wildman–Crippen LogP) is 4.27. The standard InChI is InChI=1S/C31H5F6N9/c32-30(33,34)27-4-17(8-40)15(6-38)1-21(27)23(11-43)20-3-19(10-42)29(26(14-46)24(20)12-44)25(13-45)22-2-16(7-39)18(9-41)5-28(22)31(35,36)37/h1-5H/b23-20-,29-25-. The number of hydrogen-bond acceptors (Lipinski definition) is 9. The summed E-state index contributed by atoms with van der Waals surface area (Å²) >= 11 is 0. The fourth-order valence-electron chi connectivity index (χ4n) is 4.42. The summed E-state index contributed by atoms with van der Waals surface area (Å²) in [5.74, 6) is 0. The van der Waals surface area contributed by atoms with E-state index < -0.39 is 95.1 Å². The molecule has 0 heterocycles. The maximum Gasteiger partial charge on any atom is 0.417 e. The lowest BCUT2D eigenvalue weighted by Gasteiger charge is -2.15. The molecule has 0 unspecified atom stereocenters. The molecule has 0 N–H and O–H groups in total. The average Bonchev–Trinajstić information content (AvgIpc) is 3.03. The second-order valence-electron chi connectivity index (χ2n) is 8.74. The molecular formula is C31H5F6N9. The summed E-state index contributed by atoms with van der Waals surface area (Å²) in [6.45, 7) is 0. The Balaban J connectivity index is 2.81. The minimum absolute atomic E-state index is 0.265. The van der Waals surface area contributed by atoms with Crippen LogP contribution in [0.25, 0.3) is 11.1 Å². The third-order valence-corrected chi connectivity index (χ3v) is 6.36. The third kappa shape index (κ3) is 5.58. The van der Waals surface area contributed by atoms with Crippen LogP contribution in [0.5, 0.6) is 0 Å². The van der Waals surface area contributed by atoms with Gasteiger partial charge < -0.3 is 0 Å². The molecule has 0 bridgehead atoms. The van der Waals surface area contributed by atoms with Crippen molar-refractivity contribution in [1.82, 2.24) is 0 Å². The number of halogens is 6. The Morgan fingerprint density at radius 1 is 0.435 bits per heavy atom. The molecule has 0 aliphatic rings. The van der Waals surface area contributed by atoms with E-state index in [0.717, 1.165) is 0 Å². The zero-order valence-electron chi connectivity index (χ0n) is 22.2. The molecule has 3 rings (SSSR count). The average molecular weight is 617 g/mol. The number of nitrogens with zero attached hydrogens (tertiary/aromatic N) is 9. The highest BCUT2D eigenvalue weighted by Crippen LogP contribution is 2.37. The Morgan fingerprint density at radius 3 is 1.13 bits per heavy atom. The highest BCUT2D eigenvalue weighted by molar-refractivity contribution is 5.85. The Morgan fingerprint density at radius 2 is 0.804 bits per heavy atom. The molecule has 46 heavy (non-hydrogen) atoms. The Labute approximate surface area is 253 Å². The minimum Gasteiger partial charge on any atom is -0.192 e. The number of hydrogen-bond donors (Lipinski definition) is 0. The molecule has 9 nitrogen and oxygen atoms in total. The first-order chi connectivity index (χ1) is 21.7. The molecule has 0 aliphatic carbocycles. The van der Waals surface area contributed by atoms with Crippen molar-refractivity contribution in [2.24, 2.45) is 0 Å². The molecular weight excluding hydrogens is 612 g/mol. The van der Waals surface area contributed by atoms with Crippen LogP contribution < -0.4 is 10.4 Å². The number of alkyl halides is 6. The van der Waals surface area contributed by atoms with E-state index in [1.165, 1.54) is 54.6 Å². The van der Waals surface area contributed by atoms with Gasteiger partial charge in [0.25, 0.3) is 0 Å². The maximum atomic E-state index is 14.1. The molecule has 0 atom stereocenters. The first-order valence-corrected chi connectivity index (χ1v) is 11.8. The van der Waals surface area contributed by atoms with Crippen molar-refractivity contribution in [3.63, 3.8) is 0 Å². The van der Waals surface area contributed by atoms with Crippen LogP contribution in [0.1, 0.15) is 61.2 Å². The first-order valence-electron chi connectivity index (χ1n) is 11.8. The van der Waals surface area contributed by atoms with Crippen LogP contribution in [0.3, 0.4) is 0 Å². The van der Waals surface area contributed by atoms with Crippen molar-refractivity contribution < 1.29 is 26.3 Å². The fourth-order valence-corrected chi connectivity index (χ4v) is 4.42. The predicted molar refractivity (Wildman–Crippen MR) is 138 cm³/mol. The normalized spacial score (nSPS) is 11.8. The summed E-state index contributed by atoms with van der Waals surface area (Å²) in [6, 6.07) is 15.3. The van der Waals surface area contributed by atoms with Gasteiger partial charge in [-0.3, -0.25) is 0 Å². The van der Waals surface area contributed by atoms with E-state index in [1.54, 1.807) is 0 Å². The highest BCUT2D eigenvalue weighted by Gasteiger charge is 2.37. The van der Waals surface area contributed by atoms with Gasteiger partial charge in [-0.2, -0.15) is 73.7 Å². The van der Waals surface area contributed by atoms with Gasteiger partial charge in [-0.15, -0.1) is 0 Å². The molecule has 0 aromatic heterocycles. The maximum absolute atomic E-state index is 14.1. The van der Waals surface area contributed by atoms with Crippen molar-refractivity contribution in [2.45, 2.75) is 12.4 Å². The zero-order chi connectivity index (χ0) is 34.6. The molecule has 0 saturated heterocycles. The molecule has 0 aliphatic heterocycles. The van der Waals surface area contributed by atoms with Gasteiger partial charge in [-0.05, 0) is 30.3 Å². The van der Waals surface area contributed by atoms with Crippen LogP contribution in [0.4, 0.5) is 26.3 Å². The van der Waals surface area contributed by atoms with Crippen LogP contribution in [-0.4, -0.2) is 0 Å². The van der Waals surface area contributed by atoms with Crippen LogP contribution in [-0.2, 0) is 12.4 Å². The van der Waals surface area contributed by atoms with E-state index in [1.807, 2.05) is 0 Å². The van der Waals surface area contributed by atoms with Crippen LogP contribution >= 0.6 is 0 Å². The van der Waals surface area contributed by atoms with Crippen molar-refractivity contribution in [1.29, 1.82) is 47.4 Å². The zero-order valence-corrected chi connectivity index (χ0v) is 22.2. The van der Waals surface area contributed by atoms with Gasteiger partial charge in [0, 0.05) is 21.6 Å². The van der Waals surface area contributed by atoms with Crippen LogP contribution in [0.15, 0.2) is 30.3 Å². The Hall–Kier alpha value is -7.61. The van der Waals surface area contributed by atoms with Gasteiger partial charge in [-0.25, -0.2) is 0 Å². The summed E-state index contributed by atoms with van der Waals surface area (Å²) in [5.41, 5.74) is -12.8. The van der Waals surface area contributed by atoms with Gasteiger partial charge in [0.2, 0.25) is 0 Å². The van der Waals surface area contributed by atoms with E-state index in [9.17, 15) is 73.7 Å². The van der Waals surface area contributed by atoms with Gasteiger partial charge in [0.15, 0.2) is 0 Å².